The number of hydrogen-bond donors (Lipinski definition) is 0. The first-order valence-corrected chi connectivity index (χ1v) is 15.3. The van der Waals surface area contributed by atoms with Crippen LogP contribution in [0.5, 0.6) is 11.5 Å². The molecule has 4 rings (SSSR count). The molecule has 0 bridgehead atoms. The Bertz CT molecular complexity index is 1500. The summed E-state index contributed by atoms with van der Waals surface area (Å²) in [5.41, 5.74) is 1.01. The van der Waals surface area contributed by atoms with Crippen molar-refractivity contribution in [2.75, 3.05) is 32.9 Å². The molecule has 0 atom stereocenters. The Morgan fingerprint density at radius 1 is 1.03 bits per heavy atom. The highest BCUT2D eigenvalue weighted by atomic mass is 32.2. The van der Waals surface area contributed by atoms with Gasteiger partial charge in [-0.15, -0.1) is 0 Å². The summed E-state index contributed by atoms with van der Waals surface area (Å²) in [6, 6.07) is 9.51. The summed E-state index contributed by atoms with van der Waals surface area (Å²) in [5, 5.41) is 0. The number of rotatable bonds is 11. The van der Waals surface area contributed by atoms with Crippen LogP contribution in [0.1, 0.15) is 50.4 Å². The van der Waals surface area contributed by atoms with E-state index in [0.717, 1.165) is 10.2 Å². The van der Waals surface area contributed by atoms with Crippen LogP contribution in [0.15, 0.2) is 46.3 Å². The molecule has 0 fully saturated rings. The van der Waals surface area contributed by atoms with Crippen LogP contribution in [-0.4, -0.2) is 62.1 Å². The van der Waals surface area contributed by atoms with E-state index in [9.17, 15) is 18.0 Å². The predicted molar refractivity (Wildman–Crippen MR) is 148 cm³/mol. The number of hydrogen-bond acceptors (Lipinski definition) is 8. The van der Waals surface area contributed by atoms with Gasteiger partial charge in [0.05, 0.1) is 28.1 Å². The molecule has 0 aliphatic carbocycles. The number of amides is 1. The van der Waals surface area contributed by atoms with Crippen LogP contribution in [0.4, 0.5) is 0 Å². The fraction of sp³-hybridized carbons (Fsp3) is 0.444. The number of ether oxygens (including phenoxy) is 3. The van der Waals surface area contributed by atoms with E-state index in [1.165, 1.54) is 39.9 Å². The standard InChI is InChI=1S/C27H33N3O7S2/c1-4-12-29(13-5-2)39(33,34)20-9-7-19(8-10-20)26(32)28-27-30(14-11-25(31)35-6-3)21-17-22-23(18-24(21)38-27)37-16-15-36-22/h7-10,17-18H,4-6,11-16H2,1-3H3. The number of carbonyl (C=O) groups excluding carboxylic acids is 2. The van der Waals surface area contributed by atoms with E-state index in [1.54, 1.807) is 11.5 Å². The second kappa shape index (κ2) is 12.8. The van der Waals surface area contributed by atoms with Gasteiger partial charge in [-0.3, -0.25) is 9.59 Å². The van der Waals surface area contributed by atoms with Crippen LogP contribution in [0, 0.1) is 0 Å². The lowest BCUT2D eigenvalue weighted by Gasteiger charge is -2.21. The van der Waals surface area contributed by atoms with E-state index >= 15 is 0 Å². The van der Waals surface area contributed by atoms with Crippen LogP contribution < -0.4 is 14.3 Å². The SMILES string of the molecule is CCCN(CCC)S(=O)(=O)c1ccc(C(=O)N=c2sc3cc4c(cc3n2CCC(=O)OCC)OCCO4)cc1. The van der Waals surface area contributed by atoms with Gasteiger partial charge in [0.1, 0.15) is 13.2 Å². The first-order chi connectivity index (χ1) is 18.8. The zero-order valence-corrected chi connectivity index (χ0v) is 24.0. The summed E-state index contributed by atoms with van der Waals surface area (Å²) in [6.45, 7) is 7.90. The van der Waals surface area contributed by atoms with Gasteiger partial charge in [0, 0.05) is 37.3 Å². The van der Waals surface area contributed by atoms with Crippen LogP contribution in [0.25, 0.3) is 10.2 Å². The zero-order chi connectivity index (χ0) is 28.0. The third kappa shape index (κ3) is 6.51. The highest BCUT2D eigenvalue weighted by Gasteiger charge is 2.23. The lowest BCUT2D eigenvalue weighted by Crippen LogP contribution is -2.32. The number of aryl methyl sites for hydroxylation is 1. The van der Waals surface area contributed by atoms with Gasteiger partial charge in [-0.1, -0.05) is 25.2 Å². The molecule has 1 amide bonds. The summed E-state index contributed by atoms with van der Waals surface area (Å²) in [4.78, 5) is 30.1. The maximum atomic E-state index is 13.2. The van der Waals surface area contributed by atoms with Crippen molar-refractivity contribution in [3.8, 4) is 11.5 Å². The molecule has 0 N–H and O–H groups in total. The number of nitrogens with zero attached hydrogens (tertiary/aromatic N) is 3. The van der Waals surface area contributed by atoms with Crippen molar-refractivity contribution >= 4 is 43.5 Å². The van der Waals surface area contributed by atoms with Crippen molar-refractivity contribution in [3.63, 3.8) is 0 Å². The Morgan fingerprint density at radius 3 is 2.28 bits per heavy atom. The summed E-state index contributed by atoms with van der Waals surface area (Å²) < 4.78 is 46.7. The third-order valence-corrected chi connectivity index (χ3v) is 9.03. The van der Waals surface area contributed by atoms with Gasteiger partial charge in [-0.05, 0) is 44.0 Å². The molecule has 210 valence electrons. The van der Waals surface area contributed by atoms with Crippen LogP contribution in [0.2, 0.25) is 0 Å². The summed E-state index contributed by atoms with van der Waals surface area (Å²) in [7, 11) is -3.66. The first kappa shape index (κ1) is 28.8. The van der Waals surface area contributed by atoms with E-state index in [-0.39, 0.29) is 36.0 Å². The molecule has 0 spiro atoms. The average molecular weight is 576 g/mol. The fourth-order valence-corrected chi connectivity index (χ4v) is 6.95. The number of carbonyl (C=O) groups is 2. The van der Waals surface area contributed by atoms with Crippen molar-refractivity contribution in [1.82, 2.24) is 8.87 Å². The molecule has 0 saturated carbocycles. The van der Waals surface area contributed by atoms with Crippen molar-refractivity contribution in [2.45, 2.75) is 51.5 Å². The molecule has 10 nitrogen and oxygen atoms in total. The van der Waals surface area contributed by atoms with Crippen molar-refractivity contribution in [3.05, 3.63) is 46.8 Å². The van der Waals surface area contributed by atoms with Gasteiger partial charge in [0.15, 0.2) is 16.3 Å². The van der Waals surface area contributed by atoms with E-state index in [4.69, 9.17) is 14.2 Å². The van der Waals surface area contributed by atoms with Gasteiger partial charge in [-0.2, -0.15) is 9.30 Å². The Hall–Kier alpha value is -3.22. The van der Waals surface area contributed by atoms with Crippen molar-refractivity contribution < 1.29 is 32.2 Å². The smallest absolute Gasteiger partial charge is 0.307 e. The predicted octanol–water partition coefficient (Wildman–Crippen LogP) is 3.98. The van der Waals surface area contributed by atoms with Crippen LogP contribution in [-0.2, 0) is 26.1 Å². The van der Waals surface area contributed by atoms with E-state index in [0.29, 0.717) is 55.4 Å². The minimum atomic E-state index is -3.66. The van der Waals surface area contributed by atoms with Crippen molar-refractivity contribution in [1.29, 1.82) is 0 Å². The highest BCUT2D eigenvalue weighted by molar-refractivity contribution is 7.89. The molecule has 1 aliphatic heterocycles. The van der Waals surface area contributed by atoms with E-state index in [2.05, 4.69) is 4.99 Å². The maximum absolute atomic E-state index is 13.2. The first-order valence-electron chi connectivity index (χ1n) is 13.1. The molecular formula is C27H33N3O7S2. The van der Waals surface area contributed by atoms with Crippen LogP contribution >= 0.6 is 11.3 Å². The second-order valence-electron chi connectivity index (χ2n) is 8.90. The molecule has 0 radical (unpaired) electrons. The molecule has 1 aliphatic rings. The maximum Gasteiger partial charge on any atom is 0.307 e. The van der Waals surface area contributed by atoms with Gasteiger partial charge in [0.25, 0.3) is 5.91 Å². The molecule has 2 heterocycles. The molecule has 3 aromatic rings. The number of aromatic nitrogens is 1. The largest absolute Gasteiger partial charge is 0.486 e. The molecular weight excluding hydrogens is 542 g/mol. The monoisotopic (exact) mass is 575 g/mol. The Kier molecular flexibility index (Phi) is 9.41. The molecule has 0 saturated heterocycles. The molecule has 39 heavy (non-hydrogen) atoms. The van der Waals surface area contributed by atoms with Crippen LogP contribution in [0.3, 0.4) is 0 Å². The molecule has 1 aromatic heterocycles. The number of esters is 1. The number of fused-ring (bicyclic) bond motifs is 2. The highest BCUT2D eigenvalue weighted by Crippen LogP contribution is 2.35. The van der Waals surface area contributed by atoms with Gasteiger partial charge >= 0.3 is 5.97 Å². The normalized spacial score (nSPS) is 13.7. The molecule has 12 heteroatoms. The lowest BCUT2D eigenvalue weighted by molar-refractivity contribution is -0.143. The Balaban J connectivity index is 1.68. The average Bonchev–Trinajstić information content (AvgIpc) is 3.26. The number of sulfonamides is 1. The fourth-order valence-electron chi connectivity index (χ4n) is 4.27. The van der Waals surface area contributed by atoms with E-state index in [1.807, 2.05) is 26.0 Å². The third-order valence-electron chi connectivity index (χ3n) is 6.07. The zero-order valence-electron chi connectivity index (χ0n) is 22.3. The quantitative estimate of drug-likeness (QED) is 0.318. The summed E-state index contributed by atoms with van der Waals surface area (Å²) in [5.74, 6) is 0.330. The Morgan fingerprint density at radius 2 is 1.67 bits per heavy atom. The minimum absolute atomic E-state index is 0.105. The molecule has 0 unspecified atom stereocenters. The lowest BCUT2D eigenvalue weighted by atomic mass is 10.2. The molecule has 2 aromatic carbocycles. The second-order valence-corrected chi connectivity index (χ2v) is 11.8. The Labute approximate surface area is 231 Å². The van der Waals surface area contributed by atoms with E-state index < -0.39 is 15.9 Å². The van der Waals surface area contributed by atoms with Gasteiger partial charge in [0.2, 0.25) is 10.0 Å². The van der Waals surface area contributed by atoms with Gasteiger partial charge in [-0.25, -0.2) is 8.42 Å². The topological polar surface area (TPSA) is 117 Å². The van der Waals surface area contributed by atoms with Crippen molar-refractivity contribution in [2.24, 2.45) is 4.99 Å². The number of thiazole rings is 1. The minimum Gasteiger partial charge on any atom is -0.486 e. The van der Waals surface area contributed by atoms with Gasteiger partial charge < -0.3 is 18.8 Å². The summed E-state index contributed by atoms with van der Waals surface area (Å²) in [6.07, 6.45) is 1.52. The summed E-state index contributed by atoms with van der Waals surface area (Å²) >= 11 is 1.29. The number of benzene rings is 2.